The summed E-state index contributed by atoms with van der Waals surface area (Å²) in [5, 5.41) is 15.6. The topological polar surface area (TPSA) is 93.1 Å². The van der Waals surface area contributed by atoms with Crippen molar-refractivity contribution in [3.8, 4) is 6.07 Å². The Morgan fingerprint density at radius 1 is 1.32 bits per heavy atom. The van der Waals surface area contributed by atoms with E-state index >= 15 is 0 Å². The van der Waals surface area contributed by atoms with Crippen LogP contribution in [0.15, 0.2) is 36.5 Å². The predicted molar refractivity (Wildman–Crippen MR) is 89.7 cm³/mol. The third-order valence-electron chi connectivity index (χ3n) is 5.06. The molecule has 0 radical (unpaired) electrons. The van der Waals surface area contributed by atoms with Crippen LogP contribution in [0.1, 0.15) is 28.9 Å². The van der Waals surface area contributed by atoms with E-state index in [-0.39, 0.29) is 17.2 Å². The summed E-state index contributed by atoms with van der Waals surface area (Å²) >= 11 is 0. The molecule has 1 aromatic heterocycles. The highest BCUT2D eigenvalue weighted by molar-refractivity contribution is 5.97. The second kappa shape index (κ2) is 5.74. The van der Waals surface area contributed by atoms with Crippen LogP contribution in [0.3, 0.4) is 0 Å². The van der Waals surface area contributed by atoms with Crippen molar-refractivity contribution in [2.45, 2.75) is 12.8 Å². The molecular formula is C18H17N5O2. The lowest BCUT2D eigenvalue weighted by Gasteiger charge is -2.24. The van der Waals surface area contributed by atoms with Crippen LogP contribution in [0, 0.1) is 16.7 Å². The average Bonchev–Trinajstić information content (AvgIpc) is 3.36. The van der Waals surface area contributed by atoms with Crippen molar-refractivity contribution in [2.24, 2.45) is 5.41 Å². The minimum atomic E-state index is -0.213. The van der Waals surface area contributed by atoms with Crippen LogP contribution in [0.4, 0.5) is 5.69 Å². The zero-order valence-electron chi connectivity index (χ0n) is 13.6. The number of nitriles is 1. The number of nitrogens with zero attached hydrogens (tertiary/aromatic N) is 4. The Hall–Kier alpha value is -3.14. The first kappa shape index (κ1) is 15.4. The van der Waals surface area contributed by atoms with E-state index in [0.29, 0.717) is 37.3 Å². The number of hydrogen-bond donors (Lipinski definition) is 1. The van der Waals surface area contributed by atoms with E-state index in [0.717, 1.165) is 12.1 Å². The monoisotopic (exact) mass is 335 g/mol. The highest BCUT2D eigenvalue weighted by atomic mass is 16.2. The Morgan fingerprint density at radius 2 is 2.20 bits per heavy atom. The van der Waals surface area contributed by atoms with Crippen molar-refractivity contribution in [3.05, 3.63) is 47.8 Å². The molecule has 0 bridgehead atoms. The van der Waals surface area contributed by atoms with Crippen molar-refractivity contribution < 1.29 is 9.59 Å². The first-order valence-electron chi connectivity index (χ1n) is 8.19. The maximum atomic E-state index is 12.6. The normalized spacial score (nSPS) is 22.6. The molecule has 2 aliphatic rings. The summed E-state index contributed by atoms with van der Waals surface area (Å²) in [7, 11) is 0. The van der Waals surface area contributed by atoms with E-state index < -0.39 is 0 Å². The largest absolute Gasteiger partial charge is 0.337 e. The molecule has 7 heteroatoms. The fourth-order valence-corrected chi connectivity index (χ4v) is 3.80. The van der Waals surface area contributed by atoms with Gasteiger partial charge in [-0.3, -0.25) is 14.7 Å². The summed E-state index contributed by atoms with van der Waals surface area (Å²) in [4.78, 5) is 28.6. The second-order valence-corrected chi connectivity index (χ2v) is 6.77. The van der Waals surface area contributed by atoms with Crippen LogP contribution in [-0.2, 0) is 4.79 Å². The van der Waals surface area contributed by atoms with Crippen LogP contribution in [-0.4, -0.2) is 46.5 Å². The molecule has 1 spiro atoms. The van der Waals surface area contributed by atoms with Gasteiger partial charge in [-0.1, -0.05) is 6.07 Å². The van der Waals surface area contributed by atoms with Crippen LogP contribution in [0.2, 0.25) is 0 Å². The number of benzene rings is 1. The number of amides is 2. The smallest absolute Gasteiger partial charge is 0.271 e. The number of anilines is 1. The summed E-state index contributed by atoms with van der Waals surface area (Å²) in [5.74, 6) is -0.0299. The maximum Gasteiger partial charge on any atom is 0.271 e. The molecule has 7 nitrogen and oxygen atoms in total. The molecule has 2 aromatic rings. The summed E-state index contributed by atoms with van der Waals surface area (Å²) in [5.41, 5.74) is 1.54. The van der Waals surface area contributed by atoms with Gasteiger partial charge in [0.05, 0.1) is 11.6 Å². The number of rotatable bonds is 2. The molecular weight excluding hydrogens is 318 g/mol. The predicted octanol–water partition coefficient (Wildman–Crippen LogP) is 1.55. The van der Waals surface area contributed by atoms with Crippen molar-refractivity contribution in [2.75, 3.05) is 24.5 Å². The van der Waals surface area contributed by atoms with Crippen LogP contribution in [0.25, 0.3) is 0 Å². The summed E-state index contributed by atoms with van der Waals surface area (Å²) in [6.45, 7) is 1.77. The van der Waals surface area contributed by atoms with Gasteiger partial charge in [-0.2, -0.15) is 10.4 Å². The third kappa shape index (κ3) is 2.66. The molecule has 2 saturated heterocycles. The van der Waals surface area contributed by atoms with E-state index in [9.17, 15) is 9.59 Å². The van der Waals surface area contributed by atoms with Crippen LogP contribution >= 0.6 is 0 Å². The number of carbonyl (C=O) groups is 2. The average molecular weight is 335 g/mol. The maximum absolute atomic E-state index is 12.6. The Kier molecular flexibility index (Phi) is 3.53. The van der Waals surface area contributed by atoms with E-state index in [4.69, 9.17) is 5.26 Å². The lowest BCUT2D eigenvalue weighted by molar-refractivity contribution is -0.117. The van der Waals surface area contributed by atoms with E-state index in [2.05, 4.69) is 16.3 Å². The van der Waals surface area contributed by atoms with Gasteiger partial charge in [-0.05, 0) is 30.7 Å². The molecule has 3 heterocycles. The van der Waals surface area contributed by atoms with Gasteiger partial charge in [0, 0.05) is 43.4 Å². The lowest BCUT2D eigenvalue weighted by atomic mass is 9.86. The highest BCUT2D eigenvalue weighted by Gasteiger charge is 2.49. The molecule has 1 N–H and O–H groups in total. The number of nitrogens with one attached hydrogen (secondary N) is 1. The number of aromatic amines is 1. The molecule has 1 atom stereocenters. The number of likely N-dealkylation sites (tertiary alicyclic amines) is 1. The Labute approximate surface area is 144 Å². The SMILES string of the molecule is N#Cc1cccc(N2CC3(CCN(C(=O)c4ccn[nH]4)C3)CC2=O)c1. The molecule has 4 rings (SSSR count). The van der Waals surface area contributed by atoms with Crippen LogP contribution < -0.4 is 4.90 Å². The first-order chi connectivity index (χ1) is 12.1. The fraction of sp³-hybridized carbons (Fsp3) is 0.333. The summed E-state index contributed by atoms with van der Waals surface area (Å²) in [6.07, 6.45) is 2.78. The molecule has 2 amide bonds. The Morgan fingerprint density at radius 3 is 2.96 bits per heavy atom. The summed E-state index contributed by atoms with van der Waals surface area (Å²) < 4.78 is 0. The van der Waals surface area contributed by atoms with Crippen molar-refractivity contribution in [3.63, 3.8) is 0 Å². The van der Waals surface area contributed by atoms with E-state index in [1.807, 2.05) is 6.07 Å². The first-order valence-corrected chi connectivity index (χ1v) is 8.19. The van der Waals surface area contributed by atoms with Gasteiger partial charge in [0.25, 0.3) is 5.91 Å². The third-order valence-corrected chi connectivity index (χ3v) is 5.06. The van der Waals surface area contributed by atoms with Gasteiger partial charge in [0.1, 0.15) is 5.69 Å². The number of H-pyrrole nitrogens is 1. The molecule has 1 unspecified atom stereocenters. The van der Waals surface area contributed by atoms with Gasteiger partial charge in [0.2, 0.25) is 5.91 Å². The molecule has 1 aromatic carbocycles. The van der Waals surface area contributed by atoms with E-state index in [1.165, 1.54) is 0 Å². The van der Waals surface area contributed by atoms with Crippen molar-refractivity contribution in [1.82, 2.24) is 15.1 Å². The minimum Gasteiger partial charge on any atom is -0.337 e. The zero-order chi connectivity index (χ0) is 17.4. The van der Waals surface area contributed by atoms with Crippen LogP contribution in [0.5, 0.6) is 0 Å². The van der Waals surface area contributed by atoms with Gasteiger partial charge < -0.3 is 9.80 Å². The second-order valence-electron chi connectivity index (χ2n) is 6.77. The molecule has 2 fully saturated rings. The van der Waals surface area contributed by atoms with Gasteiger partial charge in [0.15, 0.2) is 0 Å². The highest BCUT2D eigenvalue weighted by Crippen LogP contribution is 2.42. The van der Waals surface area contributed by atoms with Crippen molar-refractivity contribution >= 4 is 17.5 Å². The number of hydrogen-bond acceptors (Lipinski definition) is 4. The zero-order valence-corrected chi connectivity index (χ0v) is 13.6. The molecule has 126 valence electrons. The minimum absolute atomic E-state index is 0.0472. The fourth-order valence-electron chi connectivity index (χ4n) is 3.80. The Balaban J connectivity index is 1.52. The molecule has 25 heavy (non-hydrogen) atoms. The van der Waals surface area contributed by atoms with Gasteiger partial charge >= 0.3 is 0 Å². The number of aromatic nitrogens is 2. The molecule has 0 aliphatic carbocycles. The molecule has 0 saturated carbocycles. The molecule has 2 aliphatic heterocycles. The lowest BCUT2D eigenvalue weighted by Crippen LogP contribution is -2.34. The number of carbonyl (C=O) groups excluding carboxylic acids is 2. The summed E-state index contributed by atoms with van der Waals surface area (Å²) in [6, 6.07) is 10.9. The quantitative estimate of drug-likeness (QED) is 0.901. The van der Waals surface area contributed by atoms with Gasteiger partial charge in [-0.25, -0.2) is 0 Å². The van der Waals surface area contributed by atoms with Gasteiger partial charge in [-0.15, -0.1) is 0 Å². The van der Waals surface area contributed by atoms with E-state index in [1.54, 1.807) is 40.3 Å². The standard InChI is InChI=1S/C18H17N5O2/c19-10-13-2-1-3-14(8-13)23-12-18(9-16(23)24)5-7-22(11-18)17(25)15-4-6-20-21-15/h1-4,6,8H,5,7,9,11-12H2,(H,20,21). The Bertz CT molecular complexity index is 870. The van der Waals surface area contributed by atoms with Crippen molar-refractivity contribution in [1.29, 1.82) is 5.26 Å².